The molecule has 61 heavy (non-hydrogen) atoms. The van der Waals surface area contributed by atoms with Gasteiger partial charge in [-0.2, -0.15) is 0 Å². The van der Waals surface area contributed by atoms with Gasteiger partial charge in [-0.3, -0.25) is 9.55 Å². The number of fused-ring (bicyclic) bond motifs is 1. The zero-order chi connectivity index (χ0) is 41.5. The summed E-state index contributed by atoms with van der Waals surface area (Å²) >= 11 is 0. The summed E-state index contributed by atoms with van der Waals surface area (Å²) < 4.78 is 30.5. The van der Waals surface area contributed by atoms with Crippen LogP contribution >= 0.6 is 0 Å². The molecule has 10 aromatic rings. The standard InChI is InChI=1S/C50H33F2N9/c1-30-7-11-32(12-8-30)44-55-46(34-15-19-39(51)20-16-34)59-48(57-44)37-27-38(29-41(28-37)61-43-6-4-3-5-42(43)54-50(61)36-23-25-53-26-24-36)49-58-45(33-13-9-31(2)10-14-33)56-47(60-49)35-17-21-40(52)22-18-35/h3-29H,1-2H3. The largest absolute Gasteiger partial charge is 0.292 e. The SMILES string of the molecule is Cc1ccc(-c2nc(-c3ccc(F)cc3)nc(-c3cc(-c4nc(-c5ccc(C)cc5)nc(-c5ccc(F)cc5)n4)cc(-n4c(-c5ccncc5)nc5ccccc54)c3)n2)cc1. The molecular formula is C50H33F2N9. The fourth-order valence-corrected chi connectivity index (χ4v) is 7.11. The number of imidazole rings is 1. The van der Waals surface area contributed by atoms with E-state index in [-0.39, 0.29) is 11.6 Å². The Morgan fingerprint density at radius 2 is 0.770 bits per heavy atom. The van der Waals surface area contributed by atoms with Gasteiger partial charge in [-0.25, -0.2) is 43.7 Å². The van der Waals surface area contributed by atoms with Gasteiger partial charge in [0.05, 0.1) is 11.0 Å². The van der Waals surface area contributed by atoms with Gasteiger partial charge in [-0.1, -0.05) is 71.8 Å². The van der Waals surface area contributed by atoms with Gasteiger partial charge in [0, 0.05) is 57.0 Å². The smallest absolute Gasteiger partial charge is 0.164 e. The van der Waals surface area contributed by atoms with Crippen LogP contribution in [-0.2, 0) is 0 Å². The summed E-state index contributed by atoms with van der Waals surface area (Å²) in [7, 11) is 0. The summed E-state index contributed by atoms with van der Waals surface area (Å²) in [5.74, 6) is 2.34. The molecule has 0 N–H and O–H groups in total. The van der Waals surface area contributed by atoms with Gasteiger partial charge in [0.25, 0.3) is 0 Å². The van der Waals surface area contributed by atoms with E-state index < -0.39 is 0 Å². The highest BCUT2D eigenvalue weighted by atomic mass is 19.1. The van der Waals surface area contributed by atoms with E-state index in [1.54, 1.807) is 36.7 Å². The molecule has 0 saturated carbocycles. The molecule has 0 saturated heterocycles. The molecule has 0 amide bonds. The molecular weight excluding hydrogens is 765 g/mol. The van der Waals surface area contributed by atoms with Crippen molar-refractivity contribution >= 4 is 11.0 Å². The van der Waals surface area contributed by atoms with E-state index in [9.17, 15) is 8.78 Å². The third kappa shape index (κ3) is 7.52. The van der Waals surface area contributed by atoms with Crippen LogP contribution in [0.5, 0.6) is 0 Å². The summed E-state index contributed by atoms with van der Waals surface area (Å²) in [4.78, 5) is 39.3. The fraction of sp³-hybridized carbons (Fsp3) is 0.0400. The second-order valence-corrected chi connectivity index (χ2v) is 14.6. The predicted molar refractivity (Wildman–Crippen MR) is 233 cm³/mol. The molecule has 4 aromatic heterocycles. The van der Waals surface area contributed by atoms with E-state index in [1.807, 2.05) is 117 Å². The highest BCUT2D eigenvalue weighted by Crippen LogP contribution is 2.35. The molecule has 0 aliphatic carbocycles. The summed E-state index contributed by atoms with van der Waals surface area (Å²) in [6, 6.07) is 45.8. The van der Waals surface area contributed by atoms with Gasteiger partial charge in [0.2, 0.25) is 0 Å². The fourth-order valence-electron chi connectivity index (χ4n) is 7.11. The van der Waals surface area contributed by atoms with Gasteiger partial charge in [0.15, 0.2) is 34.9 Å². The minimum absolute atomic E-state index is 0.367. The van der Waals surface area contributed by atoms with Gasteiger partial charge >= 0.3 is 0 Å². The third-order valence-corrected chi connectivity index (χ3v) is 10.3. The average Bonchev–Trinajstić information content (AvgIpc) is 3.70. The predicted octanol–water partition coefficient (Wildman–Crippen LogP) is 11.4. The van der Waals surface area contributed by atoms with E-state index in [1.165, 1.54) is 24.3 Å². The number of pyridine rings is 1. The normalized spacial score (nSPS) is 11.3. The van der Waals surface area contributed by atoms with Crippen molar-refractivity contribution in [3.63, 3.8) is 0 Å². The molecule has 0 spiro atoms. The first-order valence-electron chi connectivity index (χ1n) is 19.5. The van der Waals surface area contributed by atoms with Crippen LogP contribution in [0.3, 0.4) is 0 Å². The van der Waals surface area contributed by atoms with Crippen LogP contribution in [0.15, 0.2) is 164 Å². The molecule has 9 nitrogen and oxygen atoms in total. The van der Waals surface area contributed by atoms with Crippen LogP contribution < -0.4 is 0 Å². The first-order chi connectivity index (χ1) is 29.8. The lowest BCUT2D eigenvalue weighted by Crippen LogP contribution is -2.04. The number of para-hydroxylation sites is 2. The van der Waals surface area contributed by atoms with E-state index in [0.717, 1.165) is 44.5 Å². The molecule has 4 heterocycles. The summed E-state index contributed by atoms with van der Waals surface area (Å²) in [6.45, 7) is 4.04. The first-order valence-corrected chi connectivity index (χ1v) is 19.5. The molecule has 0 unspecified atom stereocenters. The Kier molecular flexibility index (Phi) is 9.45. The Labute approximate surface area is 349 Å². The van der Waals surface area contributed by atoms with Crippen LogP contribution in [0.1, 0.15) is 11.1 Å². The van der Waals surface area contributed by atoms with Crippen molar-refractivity contribution in [2.45, 2.75) is 13.8 Å². The Balaban J connectivity index is 1.26. The average molecular weight is 798 g/mol. The molecule has 292 valence electrons. The summed E-state index contributed by atoms with van der Waals surface area (Å²) in [5, 5.41) is 0. The third-order valence-electron chi connectivity index (χ3n) is 10.3. The van der Waals surface area contributed by atoms with E-state index >= 15 is 0 Å². The molecule has 0 aliphatic heterocycles. The van der Waals surface area contributed by atoms with Crippen molar-refractivity contribution in [1.82, 2.24) is 44.4 Å². The number of hydrogen-bond donors (Lipinski definition) is 0. The maximum Gasteiger partial charge on any atom is 0.164 e. The van der Waals surface area contributed by atoms with Crippen molar-refractivity contribution in [2.75, 3.05) is 0 Å². The second kappa shape index (κ2) is 15.5. The molecule has 0 atom stereocenters. The number of nitrogens with zero attached hydrogens (tertiary/aromatic N) is 9. The number of aromatic nitrogens is 9. The number of halogens is 2. The highest BCUT2D eigenvalue weighted by Gasteiger charge is 2.21. The maximum atomic E-state index is 14.2. The van der Waals surface area contributed by atoms with Crippen LogP contribution in [0.25, 0.3) is 96.4 Å². The Morgan fingerprint density at radius 3 is 1.21 bits per heavy atom. The highest BCUT2D eigenvalue weighted by molar-refractivity contribution is 5.85. The second-order valence-electron chi connectivity index (χ2n) is 14.6. The quantitative estimate of drug-likeness (QED) is 0.150. The van der Waals surface area contributed by atoms with Crippen molar-refractivity contribution in [2.24, 2.45) is 0 Å². The van der Waals surface area contributed by atoms with Crippen molar-refractivity contribution in [1.29, 1.82) is 0 Å². The van der Waals surface area contributed by atoms with Gasteiger partial charge in [-0.05, 0) is 105 Å². The van der Waals surface area contributed by atoms with Crippen molar-refractivity contribution in [3.8, 4) is 85.4 Å². The summed E-state index contributed by atoms with van der Waals surface area (Å²) in [6.07, 6.45) is 3.48. The number of hydrogen-bond acceptors (Lipinski definition) is 8. The molecule has 0 aliphatic rings. The lowest BCUT2D eigenvalue weighted by Gasteiger charge is -2.15. The first kappa shape index (κ1) is 37.1. The molecule has 0 fully saturated rings. The van der Waals surface area contributed by atoms with Crippen molar-refractivity contribution in [3.05, 3.63) is 187 Å². The molecule has 6 aromatic carbocycles. The minimum Gasteiger partial charge on any atom is -0.292 e. The molecule has 11 heteroatoms. The Hall–Kier alpha value is -8.18. The lowest BCUT2D eigenvalue weighted by molar-refractivity contribution is 0.627. The van der Waals surface area contributed by atoms with E-state index in [0.29, 0.717) is 63.0 Å². The lowest BCUT2D eigenvalue weighted by atomic mass is 10.1. The minimum atomic E-state index is -0.367. The van der Waals surface area contributed by atoms with E-state index in [2.05, 4.69) is 9.55 Å². The molecule has 0 bridgehead atoms. The van der Waals surface area contributed by atoms with Crippen LogP contribution in [0.2, 0.25) is 0 Å². The molecule has 0 radical (unpaired) electrons. The van der Waals surface area contributed by atoms with Crippen LogP contribution in [-0.4, -0.2) is 44.4 Å². The molecule has 10 rings (SSSR count). The number of benzene rings is 6. The summed E-state index contributed by atoms with van der Waals surface area (Å²) in [5.41, 5.74) is 9.52. The maximum absolute atomic E-state index is 14.2. The van der Waals surface area contributed by atoms with Crippen LogP contribution in [0, 0.1) is 25.5 Å². The zero-order valence-corrected chi connectivity index (χ0v) is 32.9. The number of aryl methyl sites for hydroxylation is 2. The number of rotatable bonds is 8. The van der Waals surface area contributed by atoms with Gasteiger partial charge in [0.1, 0.15) is 17.5 Å². The van der Waals surface area contributed by atoms with Crippen LogP contribution in [0.4, 0.5) is 8.78 Å². The monoisotopic (exact) mass is 797 g/mol. The van der Waals surface area contributed by atoms with Gasteiger partial charge in [-0.15, -0.1) is 0 Å². The Bertz CT molecular complexity index is 2920. The van der Waals surface area contributed by atoms with Crippen molar-refractivity contribution < 1.29 is 8.78 Å². The topological polar surface area (TPSA) is 108 Å². The van der Waals surface area contributed by atoms with E-state index in [4.69, 9.17) is 34.9 Å². The van der Waals surface area contributed by atoms with Gasteiger partial charge < -0.3 is 0 Å². The Morgan fingerprint density at radius 1 is 0.377 bits per heavy atom. The zero-order valence-electron chi connectivity index (χ0n) is 32.9.